The lowest BCUT2D eigenvalue weighted by atomic mass is 9.58. The van der Waals surface area contributed by atoms with E-state index in [1.807, 2.05) is 6.07 Å². The molecule has 20 heavy (non-hydrogen) atoms. The van der Waals surface area contributed by atoms with Gasteiger partial charge >= 0.3 is 0 Å². The maximum Gasteiger partial charge on any atom is 0.166 e. The van der Waals surface area contributed by atoms with Crippen molar-refractivity contribution in [3.63, 3.8) is 0 Å². The highest BCUT2D eigenvalue weighted by atomic mass is 16.1. The third-order valence-electron chi connectivity index (χ3n) is 5.48. The number of rotatable bonds is 0. The zero-order valence-electron chi connectivity index (χ0n) is 12.0. The van der Waals surface area contributed by atoms with Crippen molar-refractivity contribution in [2.45, 2.75) is 39.0 Å². The van der Waals surface area contributed by atoms with E-state index in [0.717, 1.165) is 18.4 Å². The van der Waals surface area contributed by atoms with Gasteiger partial charge in [-0.1, -0.05) is 50.1 Å². The van der Waals surface area contributed by atoms with Gasteiger partial charge in [0.1, 0.15) is 0 Å². The first-order valence-electron chi connectivity index (χ1n) is 7.73. The maximum absolute atomic E-state index is 12.9. The fourth-order valence-electron chi connectivity index (χ4n) is 4.35. The number of ketones is 1. The molecular formula is C19H20O. The first-order valence-corrected chi connectivity index (χ1v) is 7.73. The Hall–Kier alpha value is -1.63. The van der Waals surface area contributed by atoms with E-state index in [9.17, 15) is 4.79 Å². The fourth-order valence-corrected chi connectivity index (χ4v) is 4.35. The van der Waals surface area contributed by atoms with Gasteiger partial charge in [0.15, 0.2) is 5.78 Å². The van der Waals surface area contributed by atoms with Gasteiger partial charge in [-0.2, -0.15) is 0 Å². The molecule has 0 radical (unpaired) electrons. The monoisotopic (exact) mass is 264 g/mol. The van der Waals surface area contributed by atoms with Crippen LogP contribution >= 0.6 is 0 Å². The van der Waals surface area contributed by atoms with Crippen LogP contribution in [0.15, 0.2) is 36.4 Å². The minimum absolute atomic E-state index is 0.199. The minimum Gasteiger partial charge on any atom is -0.294 e. The van der Waals surface area contributed by atoms with E-state index in [1.165, 1.54) is 35.6 Å². The highest BCUT2D eigenvalue weighted by Gasteiger charge is 2.45. The standard InChI is InChI=1S/C19H20O/c1-19-9-5-4-8-17(19)18(20)16-11-14-7-3-2-6-13(14)10-15(16)12-19/h2-3,6-7,10-11,17H,4-5,8-9,12H2,1H3. The van der Waals surface area contributed by atoms with Crippen LogP contribution < -0.4 is 0 Å². The summed E-state index contributed by atoms with van der Waals surface area (Å²) < 4.78 is 0. The maximum atomic E-state index is 12.9. The van der Waals surface area contributed by atoms with Gasteiger partial charge in [-0.25, -0.2) is 0 Å². The number of hydrogen-bond acceptors (Lipinski definition) is 1. The van der Waals surface area contributed by atoms with Gasteiger partial charge in [0.2, 0.25) is 0 Å². The highest BCUT2D eigenvalue weighted by molar-refractivity contribution is 6.04. The topological polar surface area (TPSA) is 17.1 Å². The molecule has 0 spiro atoms. The van der Waals surface area contributed by atoms with Crippen molar-refractivity contribution in [2.75, 3.05) is 0 Å². The Morgan fingerprint density at radius 3 is 2.65 bits per heavy atom. The van der Waals surface area contributed by atoms with Crippen LogP contribution in [0.25, 0.3) is 10.8 Å². The van der Waals surface area contributed by atoms with E-state index in [-0.39, 0.29) is 11.3 Å². The minimum atomic E-state index is 0.199. The number of carbonyl (C=O) groups is 1. The number of Topliss-reactive ketones (excluding diaryl/α,β-unsaturated/α-hetero) is 1. The van der Waals surface area contributed by atoms with E-state index >= 15 is 0 Å². The number of benzene rings is 2. The van der Waals surface area contributed by atoms with Gasteiger partial charge in [-0.3, -0.25) is 4.79 Å². The average molecular weight is 264 g/mol. The lowest BCUT2D eigenvalue weighted by molar-refractivity contribution is 0.0603. The van der Waals surface area contributed by atoms with Crippen LogP contribution in [-0.4, -0.2) is 5.78 Å². The molecule has 2 aliphatic rings. The zero-order valence-corrected chi connectivity index (χ0v) is 12.0. The van der Waals surface area contributed by atoms with Gasteiger partial charge in [0.05, 0.1) is 0 Å². The van der Waals surface area contributed by atoms with E-state index < -0.39 is 0 Å². The number of carbonyl (C=O) groups excluding carboxylic acids is 1. The molecule has 1 saturated carbocycles. The normalized spacial score (nSPS) is 29.1. The molecule has 0 saturated heterocycles. The second kappa shape index (κ2) is 4.18. The van der Waals surface area contributed by atoms with Crippen molar-refractivity contribution in [1.29, 1.82) is 0 Å². The second-order valence-corrected chi connectivity index (χ2v) is 6.85. The quantitative estimate of drug-likeness (QED) is 0.669. The molecule has 2 unspecified atom stereocenters. The molecule has 2 atom stereocenters. The van der Waals surface area contributed by atoms with Crippen LogP contribution in [0.5, 0.6) is 0 Å². The molecule has 4 rings (SSSR count). The highest BCUT2D eigenvalue weighted by Crippen LogP contribution is 2.49. The lowest BCUT2D eigenvalue weighted by Gasteiger charge is -2.44. The zero-order chi connectivity index (χ0) is 13.7. The van der Waals surface area contributed by atoms with Crippen molar-refractivity contribution in [3.8, 4) is 0 Å². The molecule has 0 bridgehead atoms. The van der Waals surface area contributed by atoms with Gasteiger partial charge in [-0.05, 0) is 47.1 Å². The molecule has 1 nitrogen and oxygen atoms in total. The summed E-state index contributed by atoms with van der Waals surface area (Å²) >= 11 is 0. The Kier molecular flexibility index (Phi) is 2.54. The Morgan fingerprint density at radius 2 is 1.85 bits per heavy atom. The van der Waals surface area contributed by atoms with Crippen molar-refractivity contribution < 1.29 is 4.79 Å². The van der Waals surface area contributed by atoms with Crippen LogP contribution in [0.1, 0.15) is 48.5 Å². The van der Waals surface area contributed by atoms with Crippen molar-refractivity contribution in [2.24, 2.45) is 11.3 Å². The Bertz CT molecular complexity index is 700. The van der Waals surface area contributed by atoms with Crippen LogP contribution in [0.3, 0.4) is 0 Å². The second-order valence-electron chi connectivity index (χ2n) is 6.85. The van der Waals surface area contributed by atoms with Crippen LogP contribution in [-0.2, 0) is 6.42 Å². The summed E-state index contributed by atoms with van der Waals surface area (Å²) in [7, 11) is 0. The summed E-state index contributed by atoms with van der Waals surface area (Å²) in [6.45, 7) is 2.33. The van der Waals surface area contributed by atoms with E-state index in [2.05, 4.69) is 37.3 Å². The fraction of sp³-hybridized carbons (Fsp3) is 0.421. The molecule has 0 aliphatic heterocycles. The summed E-state index contributed by atoms with van der Waals surface area (Å²) in [5, 5.41) is 2.45. The molecule has 2 aromatic carbocycles. The largest absolute Gasteiger partial charge is 0.294 e. The first kappa shape index (κ1) is 12.1. The Morgan fingerprint density at radius 1 is 1.10 bits per heavy atom. The molecule has 2 aromatic rings. The predicted octanol–water partition coefficient (Wildman–Crippen LogP) is 4.78. The van der Waals surface area contributed by atoms with E-state index in [1.54, 1.807) is 0 Å². The lowest BCUT2D eigenvalue weighted by Crippen LogP contribution is -2.42. The van der Waals surface area contributed by atoms with Crippen molar-refractivity contribution in [1.82, 2.24) is 0 Å². The number of fused-ring (bicyclic) bond motifs is 3. The summed E-state index contributed by atoms with van der Waals surface area (Å²) in [5.41, 5.74) is 2.47. The molecular weight excluding hydrogens is 244 g/mol. The summed E-state index contributed by atoms with van der Waals surface area (Å²) in [6.07, 6.45) is 5.86. The molecule has 0 heterocycles. The van der Waals surface area contributed by atoms with Crippen molar-refractivity contribution in [3.05, 3.63) is 47.5 Å². The Balaban J connectivity index is 1.91. The molecule has 0 aromatic heterocycles. The molecule has 102 valence electrons. The summed E-state index contributed by atoms with van der Waals surface area (Å²) in [5.74, 6) is 0.657. The first-order chi connectivity index (χ1) is 9.67. The van der Waals surface area contributed by atoms with Crippen LogP contribution in [0.2, 0.25) is 0 Å². The molecule has 0 N–H and O–H groups in total. The molecule has 1 heteroatoms. The average Bonchev–Trinajstić information content (AvgIpc) is 2.45. The SMILES string of the molecule is CC12CCCCC1C(=O)c1cc3ccccc3cc1C2. The predicted molar refractivity (Wildman–Crippen MR) is 82.0 cm³/mol. The van der Waals surface area contributed by atoms with E-state index in [0.29, 0.717) is 5.78 Å². The van der Waals surface area contributed by atoms with Crippen LogP contribution in [0.4, 0.5) is 0 Å². The van der Waals surface area contributed by atoms with Gasteiger partial charge in [-0.15, -0.1) is 0 Å². The number of hydrogen-bond donors (Lipinski definition) is 0. The Labute approximate surface area is 120 Å². The summed E-state index contributed by atoms with van der Waals surface area (Å²) in [4.78, 5) is 12.9. The van der Waals surface area contributed by atoms with Gasteiger partial charge in [0.25, 0.3) is 0 Å². The van der Waals surface area contributed by atoms with Crippen molar-refractivity contribution >= 4 is 16.6 Å². The van der Waals surface area contributed by atoms with Gasteiger partial charge in [0, 0.05) is 11.5 Å². The smallest absolute Gasteiger partial charge is 0.166 e. The summed E-state index contributed by atoms with van der Waals surface area (Å²) in [6, 6.07) is 12.8. The molecule has 0 amide bonds. The molecule has 2 aliphatic carbocycles. The third kappa shape index (κ3) is 1.65. The third-order valence-corrected chi connectivity index (χ3v) is 5.48. The van der Waals surface area contributed by atoms with Crippen LogP contribution in [0, 0.1) is 11.3 Å². The molecule has 1 fully saturated rings. The van der Waals surface area contributed by atoms with Gasteiger partial charge < -0.3 is 0 Å². The van der Waals surface area contributed by atoms with E-state index in [4.69, 9.17) is 0 Å².